The highest BCUT2D eigenvalue weighted by molar-refractivity contribution is 6.30. The number of benzene rings is 1. The van der Waals surface area contributed by atoms with Crippen LogP contribution in [0.15, 0.2) is 36.7 Å². The van der Waals surface area contributed by atoms with Crippen molar-refractivity contribution in [3.05, 3.63) is 47.2 Å². The molecular weight excluding hydrogens is 246 g/mol. The number of nitrogens with zero attached hydrogens (tertiary/aromatic N) is 2. The summed E-state index contributed by atoms with van der Waals surface area (Å²) in [5, 5.41) is 8.38. The van der Waals surface area contributed by atoms with Crippen LogP contribution in [0.25, 0.3) is 5.69 Å². The molecule has 0 saturated heterocycles. The average molecular weight is 264 g/mol. The molecule has 96 valence electrons. The van der Waals surface area contributed by atoms with Gasteiger partial charge in [0.15, 0.2) is 0 Å². The first-order valence-corrected chi connectivity index (χ1v) is 6.37. The van der Waals surface area contributed by atoms with Crippen LogP contribution in [0, 0.1) is 0 Å². The zero-order valence-corrected chi connectivity index (χ0v) is 11.7. The maximum atomic E-state index is 5.91. The fraction of sp³-hybridized carbons (Fsp3) is 0.357. The highest BCUT2D eigenvalue weighted by atomic mass is 35.5. The Labute approximate surface area is 113 Å². The predicted molar refractivity (Wildman–Crippen MR) is 75.2 cm³/mol. The van der Waals surface area contributed by atoms with Gasteiger partial charge in [-0.3, -0.25) is 0 Å². The summed E-state index contributed by atoms with van der Waals surface area (Å²) in [4.78, 5) is 0. The summed E-state index contributed by atoms with van der Waals surface area (Å²) in [5.74, 6) is 0. The van der Waals surface area contributed by atoms with E-state index in [0.29, 0.717) is 5.02 Å². The normalized spacial score (nSPS) is 11.8. The second-order valence-electron chi connectivity index (χ2n) is 5.34. The van der Waals surface area contributed by atoms with Crippen LogP contribution < -0.4 is 5.32 Å². The van der Waals surface area contributed by atoms with Crippen molar-refractivity contribution in [1.29, 1.82) is 0 Å². The summed E-state index contributed by atoms with van der Waals surface area (Å²) in [6.45, 7) is 7.26. The molecule has 0 bridgehead atoms. The maximum Gasteiger partial charge on any atom is 0.0790 e. The Balaban J connectivity index is 2.26. The number of rotatable bonds is 3. The predicted octanol–water partition coefficient (Wildman–Crippen LogP) is 3.41. The second kappa shape index (κ2) is 5.12. The van der Waals surface area contributed by atoms with Crippen LogP contribution in [-0.4, -0.2) is 15.3 Å². The summed E-state index contributed by atoms with van der Waals surface area (Å²) in [6.07, 6.45) is 3.47. The van der Waals surface area contributed by atoms with E-state index >= 15 is 0 Å². The summed E-state index contributed by atoms with van der Waals surface area (Å²) >= 11 is 5.91. The third-order valence-electron chi connectivity index (χ3n) is 2.60. The molecule has 2 rings (SSSR count). The lowest BCUT2D eigenvalue weighted by Gasteiger charge is -2.21. The zero-order chi connectivity index (χ0) is 13.2. The number of hydrogen-bond acceptors (Lipinski definition) is 2. The van der Waals surface area contributed by atoms with Crippen molar-refractivity contribution < 1.29 is 0 Å². The minimum Gasteiger partial charge on any atom is -0.308 e. The molecule has 0 aliphatic heterocycles. The van der Waals surface area contributed by atoms with Crippen molar-refractivity contribution in [2.45, 2.75) is 32.9 Å². The fourth-order valence-corrected chi connectivity index (χ4v) is 1.81. The molecule has 0 aliphatic rings. The molecule has 0 atom stereocenters. The van der Waals surface area contributed by atoms with Gasteiger partial charge in [-0.2, -0.15) is 5.10 Å². The van der Waals surface area contributed by atoms with E-state index in [4.69, 9.17) is 11.6 Å². The maximum absolute atomic E-state index is 5.91. The van der Waals surface area contributed by atoms with E-state index in [1.807, 2.05) is 29.1 Å². The highest BCUT2D eigenvalue weighted by Gasteiger charge is 2.11. The van der Waals surface area contributed by atoms with Crippen LogP contribution in [0.5, 0.6) is 0 Å². The van der Waals surface area contributed by atoms with E-state index in [0.717, 1.165) is 12.2 Å². The third-order valence-corrected chi connectivity index (χ3v) is 2.79. The lowest BCUT2D eigenvalue weighted by molar-refractivity contribution is 0.424. The van der Waals surface area contributed by atoms with Crippen molar-refractivity contribution >= 4 is 11.6 Å². The van der Waals surface area contributed by atoms with Crippen molar-refractivity contribution in [2.75, 3.05) is 0 Å². The Morgan fingerprint density at radius 3 is 2.61 bits per heavy atom. The number of halogens is 1. The average Bonchev–Trinajstić information content (AvgIpc) is 2.72. The molecule has 3 nitrogen and oxygen atoms in total. The van der Waals surface area contributed by atoms with Crippen LogP contribution in [0.2, 0.25) is 5.02 Å². The van der Waals surface area contributed by atoms with Gasteiger partial charge in [-0.15, -0.1) is 0 Å². The molecule has 1 aromatic heterocycles. The monoisotopic (exact) mass is 263 g/mol. The van der Waals surface area contributed by atoms with Gasteiger partial charge < -0.3 is 5.32 Å². The topological polar surface area (TPSA) is 29.9 Å². The molecule has 1 heterocycles. The molecule has 0 unspecified atom stereocenters. The number of para-hydroxylation sites is 1. The van der Waals surface area contributed by atoms with Gasteiger partial charge >= 0.3 is 0 Å². The molecule has 0 amide bonds. The number of nitrogens with one attached hydrogen (secondary N) is 1. The molecule has 0 radical (unpaired) electrons. The van der Waals surface area contributed by atoms with Crippen LogP contribution in [0.4, 0.5) is 0 Å². The third kappa shape index (κ3) is 3.34. The number of hydrogen-bond donors (Lipinski definition) is 1. The van der Waals surface area contributed by atoms with Gasteiger partial charge in [0.25, 0.3) is 0 Å². The Morgan fingerprint density at radius 1 is 1.28 bits per heavy atom. The van der Waals surface area contributed by atoms with Gasteiger partial charge in [0.2, 0.25) is 0 Å². The van der Waals surface area contributed by atoms with Crippen LogP contribution in [0.3, 0.4) is 0 Å². The Hall–Kier alpha value is -1.32. The summed E-state index contributed by atoms with van der Waals surface area (Å²) in [6, 6.07) is 8.19. The highest BCUT2D eigenvalue weighted by Crippen LogP contribution is 2.17. The molecule has 0 spiro atoms. The molecule has 18 heavy (non-hydrogen) atoms. The van der Waals surface area contributed by atoms with Gasteiger partial charge in [0, 0.05) is 18.3 Å². The quantitative estimate of drug-likeness (QED) is 0.920. The van der Waals surface area contributed by atoms with E-state index in [1.54, 1.807) is 6.20 Å². The lowest BCUT2D eigenvalue weighted by atomic mass is 10.1. The number of aromatic nitrogens is 2. The van der Waals surface area contributed by atoms with E-state index in [2.05, 4.69) is 37.3 Å². The largest absolute Gasteiger partial charge is 0.308 e. The molecule has 0 fully saturated rings. The Morgan fingerprint density at radius 2 is 2.00 bits per heavy atom. The van der Waals surface area contributed by atoms with Crippen LogP contribution in [0.1, 0.15) is 26.3 Å². The second-order valence-corrected chi connectivity index (χ2v) is 5.77. The van der Waals surface area contributed by atoms with E-state index < -0.39 is 0 Å². The van der Waals surface area contributed by atoms with E-state index in [9.17, 15) is 0 Å². The van der Waals surface area contributed by atoms with Gasteiger partial charge in [0.05, 0.1) is 16.9 Å². The minimum absolute atomic E-state index is 0.0921. The molecule has 1 N–H and O–H groups in total. The van der Waals surface area contributed by atoms with Crippen molar-refractivity contribution in [3.8, 4) is 5.69 Å². The molecule has 1 aromatic carbocycles. The molecule has 0 aliphatic carbocycles. The van der Waals surface area contributed by atoms with E-state index in [1.165, 1.54) is 5.56 Å². The first-order chi connectivity index (χ1) is 8.46. The Bertz CT molecular complexity index is 526. The smallest absolute Gasteiger partial charge is 0.0790 e. The summed E-state index contributed by atoms with van der Waals surface area (Å²) in [5.41, 5.74) is 2.35. The molecule has 4 heteroatoms. The van der Waals surface area contributed by atoms with Gasteiger partial charge in [-0.05, 0) is 32.4 Å². The summed E-state index contributed by atoms with van der Waals surface area (Å²) < 4.78 is 1.81. The molecular formula is C14H18ClN3. The SMILES string of the molecule is CC(C)(C)NCc1ccccc1-n1cc(Cl)cn1. The van der Waals surface area contributed by atoms with Gasteiger partial charge in [-0.25, -0.2) is 4.68 Å². The molecule has 2 aromatic rings. The van der Waals surface area contributed by atoms with E-state index in [-0.39, 0.29) is 5.54 Å². The standard InChI is InChI=1S/C14H18ClN3/c1-14(2,3)16-8-11-6-4-5-7-13(11)18-10-12(15)9-17-18/h4-7,9-10,16H,8H2,1-3H3. The Kier molecular flexibility index (Phi) is 3.73. The van der Waals surface area contributed by atoms with Crippen LogP contribution >= 0.6 is 11.6 Å². The van der Waals surface area contributed by atoms with Crippen molar-refractivity contribution in [3.63, 3.8) is 0 Å². The van der Waals surface area contributed by atoms with Gasteiger partial charge in [-0.1, -0.05) is 29.8 Å². The molecule has 0 saturated carbocycles. The van der Waals surface area contributed by atoms with Crippen LogP contribution in [-0.2, 0) is 6.54 Å². The fourth-order valence-electron chi connectivity index (χ4n) is 1.68. The lowest BCUT2D eigenvalue weighted by Crippen LogP contribution is -2.35. The first kappa shape index (κ1) is 13.1. The zero-order valence-electron chi connectivity index (χ0n) is 10.9. The van der Waals surface area contributed by atoms with Crippen molar-refractivity contribution in [2.24, 2.45) is 0 Å². The summed E-state index contributed by atoms with van der Waals surface area (Å²) in [7, 11) is 0. The minimum atomic E-state index is 0.0921. The first-order valence-electron chi connectivity index (χ1n) is 5.99. The van der Waals surface area contributed by atoms with Crippen molar-refractivity contribution in [1.82, 2.24) is 15.1 Å². The van der Waals surface area contributed by atoms with Gasteiger partial charge in [0.1, 0.15) is 0 Å².